The smallest absolute Gasteiger partial charge is 0.266 e. The fourth-order valence-corrected chi connectivity index (χ4v) is 1.87. The average molecular weight is 324 g/mol. The van der Waals surface area contributed by atoms with Crippen LogP contribution in [0.25, 0.3) is 0 Å². The Balaban J connectivity index is 1.98. The molecule has 1 heterocycles. The number of H-pyrrole nitrogens is 1. The third kappa shape index (κ3) is 3.57. The maximum Gasteiger partial charge on any atom is 0.266 e. The molecule has 0 aliphatic rings. The first-order valence-electron chi connectivity index (χ1n) is 5.80. The van der Waals surface area contributed by atoms with Crippen molar-refractivity contribution in [2.75, 3.05) is 5.32 Å². The first-order valence-corrected chi connectivity index (χ1v) is 6.59. The fourth-order valence-electron chi connectivity index (χ4n) is 1.49. The number of rotatable bonds is 4. The predicted molar refractivity (Wildman–Crippen MR) is 76.2 cm³/mol. The van der Waals surface area contributed by atoms with Crippen LogP contribution in [0.2, 0.25) is 0 Å². The van der Waals surface area contributed by atoms with Gasteiger partial charge in [-0.1, -0.05) is 12.1 Å². The standard InChI is InChI=1S/C13H14BrN3O2/c1-8-7-12(17-16-8)15-13(18)9(2)19-11-6-4-3-5-10(11)14/h3-7,9H,1-2H3,(H2,15,16,17,18)/t9-/m1/s1. The van der Waals surface area contributed by atoms with E-state index in [9.17, 15) is 4.79 Å². The lowest BCUT2D eigenvalue weighted by Crippen LogP contribution is -2.30. The molecule has 2 aromatic rings. The number of benzene rings is 1. The van der Waals surface area contributed by atoms with E-state index in [1.165, 1.54) is 0 Å². The van der Waals surface area contributed by atoms with Crippen LogP contribution < -0.4 is 10.1 Å². The summed E-state index contributed by atoms with van der Waals surface area (Å²) in [5.74, 6) is 0.871. The molecule has 6 heteroatoms. The predicted octanol–water partition coefficient (Wildman–Crippen LogP) is 2.89. The summed E-state index contributed by atoms with van der Waals surface area (Å²) in [6.45, 7) is 3.55. The molecule has 0 spiro atoms. The first-order chi connectivity index (χ1) is 9.06. The quantitative estimate of drug-likeness (QED) is 0.909. The van der Waals surface area contributed by atoms with Crippen molar-refractivity contribution in [1.82, 2.24) is 10.2 Å². The largest absolute Gasteiger partial charge is 0.480 e. The zero-order chi connectivity index (χ0) is 13.8. The van der Waals surface area contributed by atoms with Crippen LogP contribution in [-0.2, 0) is 4.79 Å². The molecule has 1 amide bonds. The van der Waals surface area contributed by atoms with Crippen LogP contribution in [-0.4, -0.2) is 22.2 Å². The molecule has 0 fully saturated rings. The van der Waals surface area contributed by atoms with Crippen LogP contribution in [0.5, 0.6) is 5.75 Å². The Morgan fingerprint density at radius 2 is 2.21 bits per heavy atom. The Hall–Kier alpha value is -1.82. The van der Waals surface area contributed by atoms with Crippen LogP contribution in [0.15, 0.2) is 34.8 Å². The molecule has 1 aromatic carbocycles. The van der Waals surface area contributed by atoms with Crippen LogP contribution in [0.1, 0.15) is 12.6 Å². The van der Waals surface area contributed by atoms with Crippen molar-refractivity contribution in [3.8, 4) is 5.75 Å². The molecule has 0 aliphatic carbocycles. The third-order valence-corrected chi connectivity index (χ3v) is 3.12. The van der Waals surface area contributed by atoms with E-state index in [1.54, 1.807) is 19.1 Å². The Bertz CT molecular complexity index is 583. The summed E-state index contributed by atoms with van der Waals surface area (Å²) in [5, 5.41) is 9.38. The van der Waals surface area contributed by atoms with Crippen molar-refractivity contribution in [2.45, 2.75) is 20.0 Å². The van der Waals surface area contributed by atoms with Crippen LogP contribution >= 0.6 is 15.9 Å². The van der Waals surface area contributed by atoms with Crippen molar-refractivity contribution in [3.63, 3.8) is 0 Å². The molecular formula is C13H14BrN3O2. The highest BCUT2D eigenvalue weighted by Gasteiger charge is 2.16. The molecule has 0 radical (unpaired) electrons. The number of nitrogens with zero attached hydrogens (tertiary/aromatic N) is 1. The average Bonchev–Trinajstić information content (AvgIpc) is 2.77. The minimum Gasteiger partial charge on any atom is -0.480 e. The highest BCUT2D eigenvalue weighted by atomic mass is 79.9. The maximum atomic E-state index is 11.9. The van der Waals surface area contributed by atoms with Gasteiger partial charge in [0.05, 0.1) is 4.47 Å². The highest BCUT2D eigenvalue weighted by Crippen LogP contribution is 2.24. The summed E-state index contributed by atoms with van der Waals surface area (Å²) >= 11 is 3.37. The van der Waals surface area contributed by atoms with Gasteiger partial charge in [-0.3, -0.25) is 9.89 Å². The topological polar surface area (TPSA) is 67.0 Å². The maximum absolute atomic E-state index is 11.9. The van der Waals surface area contributed by atoms with E-state index in [2.05, 4.69) is 31.4 Å². The number of anilines is 1. The van der Waals surface area contributed by atoms with E-state index >= 15 is 0 Å². The van der Waals surface area contributed by atoms with E-state index in [0.717, 1.165) is 10.2 Å². The van der Waals surface area contributed by atoms with Crippen LogP contribution in [0.3, 0.4) is 0 Å². The molecule has 100 valence electrons. The summed E-state index contributed by atoms with van der Waals surface area (Å²) < 4.78 is 6.40. The zero-order valence-electron chi connectivity index (χ0n) is 10.6. The van der Waals surface area contributed by atoms with Gasteiger partial charge in [0.2, 0.25) is 0 Å². The van der Waals surface area contributed by atoms with Gasteiger partial charge in [0.25, 0.3) is 5.91 Å². The second-order valence-electron chi connectivity index (χ2n) is 4.12. The van der Waals surface area contributed by atoms with Crippen molar-refractivity contribution in [2.24, 2.45) is 0 Å². The minimum atomic E-state index is -0.615. The molecule has 0 saturated heterocycles. The molecule has 1 aromatic heterocycles. The van der Waals surface area contributed by atoms with Gasteiger partial charge in [-0.05, 0) is 41.9 Å². The van der Waals surface area contributed by atoms with Crippen molar-refractivity contribution in [3.05, 3.63) is 40.5 Å². The van der Waals surface area contributed by atoms with Gasteiger partial charge >= 0.3 is 0 Å². The van der Waals surface area contributed by atoms with Gasteiger partial charge in [-0.25, -0.2) is 0 Å². The molecule has 0 bridgehead atoms. The van der Waals surface area contributed by atoms with Crippen molar-refractivity contribution >= 4 is 27.7 Å². The lowest BCUT2D eigenvalue weighted by Gasteiger charge is -2.14. The highest BCUT2D eigenvalue weighted by molar-refractivity contribution is 9.10. The molecule has 0 saturated carbocycles. The van der Waals surface area contributed by atoms with E-state index in [-0.39, 0.29) is 5.91 Å². The Labute approximate surface area is 119 Å². The van der Waals surface area contributed by atoms with E-state index in [4.69, 9.17) is 4.74 Å². The number of hydrogen-bond acceptors (Lipinski definition) is 3. The van der Waals surface area contributed by atoms with Gasteiger partial charge in [0, 0.05) is 11.8 Å². The van der Waals surface area contributed by atoms with Crippen LogP contribution in [0.4, 0.5) is 5.82 Å². The summed E-state index contributed by atoms with van der Waals surface area (Å²) in [7, 11) is 0. The number of aromatic amines is 1. The molecule has 5 nitrogen and oxygen atoms in total. The number of nitrogens with one attached hydrogen (secondary N) is 2. The van der Waals surface area contributed by atoms with Crippen molar-refractivity contribution in [1.29, 1.82) is 0 Å². The number of para-hydroxylation sites is 1. The Kier molecular flexibility index (Phi) is 4.21. The summed E-state index contributed by atoms with van der Waals surface area (Å²) in [6.07, 6.45) is -0.615. The molecule has 2 N–H and O–H groups in total. The Morgan fingerprint density at radius 3 is 2.84 bits per heavy atom. The Morgan fingerprint density at radius 1 is 1.47 bits per heavy atom. The van der Waals surface area contributed by atoms with E-state index < -0.39 is 6.10 Å². The molecule has 2 rings (SSSR count). The normalized spacial score (nSPS) is 11.9. The lowest BCUT2D eigenvalue weighted by molar-refractivity contribution is -0.122. The van der Waals surface area contributed by atoms with Crippen molar-refractivity contribution < 1.29 is 9.53 Å². The number of ether oxygens (including phenoxy) is 1. The number of amides is 1. The van der Waals surface area contributed by atoms with Gasteiger partial charge in [0.1, 0.15) is 5.75 Å². The fraction of sp³-hybridized carbons (Fsp3) is 0.231. The molecule has 0 aliphatic heterocycles. The third-order valence-electron chi connectivity index (χ3n) is 2.47. The minimum absolute atomic E-state index is 0.248. The summed E-state index contributed by atoms with van der Waals surface area (Å²) in [5.41, 5.74) is 0.884. The van der Waals surface area contributed by atoms with Gasteiger partial charge in [0.15, 0.2) is 11.9 Å². The first kappa shape index (κ1) is 13.6. The van der Waals surface area contributed by atoms with Gasteiger partial charge in [-0.2, -0.15) is 5.10 Å². The molecule has 0 unspecified atom stereocenters. The number of halogens is 1. The second kappa shape index (κ2) is 5.88. The van der Waals surface area contributed by atoms with Crippen LogP contribution in [0, 0.1) is 6.92 Å². The number of hydrogen-bond donors (Lipinski definition) is 2. The SMILES string of the molecule is Cc1cc(NC(=O)[C@@H](C)Oc2ccccc2Br)n[nH]1. The summed E-state index contributed by atoms with van der Waals surface area (Å²) in [4.78, 5) is 11.9. The number of aromatic nitrogens is 2. The number of carbonyl (C=O) groups excluding carboxylic acids is 1. The van der Waals surface area contributed by atoms with Gasteiger partial charge in [-0.15, -0.1) is 0 Å². The van der Waals surface area contributed by atoms with Gasteiger partial charge < -0.3 is 10.1 Å². The molecule has 19 heavy (non-hydrogen) atoms. The lowest BCUT2D eigenvalue weighted by atomic mass is 10.3. The molecular weight excluding hydrogens is 310 g/mol. The second-order valence-corrected chi connectivity index (χ2v) is 4.97. The monoisotopic (exact) mass is 323 g/mol. The number of carbonyl (C=O) groups is 1. The van der Waals surface area contributed by atoms with E-state index in [0.29, 0.717) is 11.6 Å². The van der Waals surface area contributed by atoms with E-state index in [1.807, 2.05) is 25.1 Å². The number of aryl methyl sites for hydroxylation is 1. The molecule has 1 atom stereocenters. The summed E-state index contributed by atoms with van der Waals surface area (Å²) in [6, 6.07) is 9.14. The zero-order valence-corrected chi connectivity index (χ0v) is 12.2.